The van der Waals surface area contributed by atoms with Crippen molar-refractivity contribution in [1.29, 1.82) is 0 Å². The molecule has 4 heteroatoms. The van der Waals surface area contributed by atoms with Gasteiger partial charge in [-0.2, -0.15) is 0 Å². The fourth-order valence-electron chi connectivity index (χ4n) is 2.03. The summed E-state index contributed by atoms with van der Waals surface area (Å²) in [5.41, 5.74) is 0.329. The van der Waals surface area contributed by atoms with Crippen LogP contribution in [-0.2, 0) is 9.53 Å². The Hall–Kier alpha value is -1.03. The van der Waals surface area contributed by atoms with E-state index in [0.717, 1.165) is 23.0 Å². The number of methoxy groups -OCH3 is 1. The number of hydrogen-bond acceptors (Lipinski definition) is 3. The van der Waals surface area contributed by atoms with E-state index < -0.39 is 5.54 Å². The first-order chi connectivity index (χ1) is 8.06. The van der Waals surface area contributed by atoms with Crippen LogP contribution in [0.25, 0.3) is 0 Å². The van der Waals surface area contributed by atoms with Gasteiger partial charge in [-0.15, -0.1) is 0 Å². The molecule has 1 fully saturated rings. The predicted molar refractivity (Wildman–Crippen MR) is 70.9 cm³/mol. The van der Waals surface area contributed by atoms with Crippen molar-refractivity contribution in [3.63, 3.8) is 0 Å². The second kappa shape index (κ2) is 4.69. The Morgan fingerprint density at radius 2 is 2.00 bits per heavy atom. The molecule has 1 unspecified atom stereocenters. The largest absolute Gasteiger partial charge is 0.467 e. The van der Waals surface area contributed by atoms with E-state index in [1.165, 1.54) is 7.11 Å². The number of ether oxygens (including phenoxy) is 1. The van der Waals surface area contributed by atoms with Crippen LogP contribution >= 0.6 is 15.9 Å². The molecule has 1 aromatic rings. The summed E-state index contributed by atoms with van der Waals surface area (Å²) in [5.74, 6) is 0.182. The van der Waals surface area contributed by atoms with Crippen molar-refractivity contribution in [2.45, 2.75) is 25.3 Å². The summed E-state index contributed by atoms with van der Waals surface area (Å²) in [4.78, 5) is 11.9. The number of nitrogens with one attached hydrogen (secondary N) is 1. The molecule has 1 atom stereocenters. The van der Waals surface area contributed by atoms with Crippen LogP contribution in [-0.4, -0.2) is 18.6 Å². The minimum absolute atomic E-state index is 0.192. The minimum atomic E-state index is -0.609. The number of halogens is 1. The number of benzene rings is 1. The molecule has 0 saturated heterocycles. The highest BCUT2D eigenvalue weighted by Gasteiger charge is 2.48. The topological polar surface area (TPSA) is 38.3 Å². The van der Waals surface area contributed by atoms with Crippen LogP contribution in [0, 0.1) is 5.92 Å². The van der Waals surface area contributed by atoms with Gasteiger partial charge in [0.1, 0.15) is 5.54 Å². The van der Waals surface area contributed by atoms with E-state index in [1.807, 2.05) is 31.2 Å². The molecule has 1 aliphatic rings. The Labute approximate surface area is 110 Å². The lowest BCUT2D eigenvalue weighted by molar-refractivity contribution is -0.146. The normalized spacial score (nSPS) is 18.3. The number of hydrogen-bond donors (Lipinski definition) is 1. The zero-order valence-corrected chi connectivity index (χ0v) is 11.6. The highest BCUT2D eigenvalue weighted by molar-refractivity contribution is 9.10. The number of carbonyl (C=O) groups is 1. The molecule has 0 aliphatic heterocycles. The quantitative estimate of drug-likeness (QED) is 0.868. The van der Waals surface area contributed by atoms with Gasteiger partial charge in [0.25, 0.3) is 0 Å². The first-order valence-corrected chi connectivity index (χ1v) is 6.48. The molecule has 0 bridgehead atoms. The minimum Gasteiger partial charge on any atom is -0.467 e. The molecule has 0 amide bonds. The van der Waals surface area contributed by atoms with Crippen LogP contribution in [0.1, 0.15) is 19.8 Å². The lowest BCUT2D eigenvalue weighted by Crippen LogP contribution is -2.46. The number of anilines is 1. The van der Waals surface area contributed by atoms with Gasteiger partial charge in [-0.25, -0.2) is 4.79 Å². The Bertz CT molecular complexity index is 414. The average Bonchev–Trinajstić information content (AvgIpc) is 3.15. The Morgan fingerprint density at radius 3 is 2.47 bits per heavy atom. The SMILES string of the molecule is COC(=O)C(C)(Nc1ccc(Br)cc1)C1CC1. The second-order valence-corrected chi connectivity index (χ2v) is 5.52. The lowest BCUT2D eigenvalue weighted by atomic mass is 9.95. The third-order valence-corrected chi connectivity index (χ3v) is 3.78. The third kappa shape index (κ3) is 2.63. The number of rotatable bonds is 4. The van der Waals surface area contributed by atoms with Gasteiger partial charge >= 0.3 is 5.97 Å². The molecular formula is C13H16BrNO2. The van der Waals surface area contributed by atoms with Crippen molar-refractivity contribution in [2.75, 3.05) is 12.4 Å². The molecule has 0 aromatic heterocycles. The van der Waals surface area contributed by atoms with Gasteiger partial charge < -0.3 is 10.1 Å². The summed E-state index contributed by atoms with van der Waals surface area (Å²) in [6.45, 7) is 1.92. The van der Waals surface area contributed by atoms with Crippen molar-refractivity contribution in [1.82, 2.24) is 0 Å². The van der Waals surface area contributed by atoms with E-state index in [0.29, 0.717) is 5.92 Å². The Balaban J connectivity index is 2.18. The average molecular weight is 298 g/mol. The van der Waals surface area contributed by atoms with Gasteiger partial charge in [0.2, 0.25) is 0 Å². The summed E-state index contributed by atoms with van der Waals surface area (Å²) < 4.78 is 5.92. The first kappa shape index (κ1) is 12.4. The summed E-state index contributed by atoms with van der Waals surface area (Å²) in [6.07, 6.45) is 2.16. The van der Waals surface area contributed by atoms with E-state index in [1.54, 1.807) is 0 Å². The van der Waals surface area contributed by atoms with Crippen LogP contribution < -0.4 is 5.32 Å². The summed E-state index contributed by atoms with van der Waals surface area (Å²) >= 11 is 3.39. The fraction of sp³-hybridized carbons (Fsp3) is 0.462. The molecule has 1 aromatic carbocycles. The zero-order valence-electron chi connectivity index (χ0n) is 10.00. The lowest BCUT2D eigenvalue weighted by Gasteiger charge is -2.29. The Kier molecular flexibility index (Phi) is 3.43. The smallest absolute Gasteiger partial charge is 0.331 e. The van der Waals surface area contributed by atoms with Crippen LogP contribution in [0.5, 0.6) is 0 Å². The van der Waals surface area contributed by atoms with Crippen LogP contribution in [0.3, 0.4) is 0 Å². The van der Waals surface area contributed by atoms with Crippen molar-refractivity contribution in [3.8, 4) is 0 Å². The Morgan fingerprint density at radius 1 is 1.41 bits per heavy atom. The molecule has 17 heavy (non-hydrogen) atoms. The highest BCUT2D eigenvalue weighted by atomic mass is 79.9. The summed E-state index contributed by atoms with van der Waals surface area (Å²) in [7, 11) is 1.44. The first-order valence-electron chi connectivity index (χ1n) is 5.68. The van der Waals surface area contributed by atoms with Crippen molar-refractivity contribution >= 4 is 27.6 Å². The maximum absolute atomic E-state index is 11.9. The predicted octanol–water partition coefficient (Wildman–Crippen LogP) is 3.20. The van der Waals surface area contributed by atoms with E-state index in [2.05, 4.69) is 21.2 Å². The number of carbonyl (C=O) groups excluding carboxylic acids is 1. The molecule has 1 aliphatic carbocycles. The maximum atomic E-state index is 11.9. The third-order valence-electron chi connectivity index (χ3n) is 3.25. The monoisotopic (exact) mass is 297 g/mol. The van der Waals surface area contributed by atoms with Gasteiger partial charge in [-0.05, 0) is 49.9 Å². The van der Waals surface area contributed by atoms with Gasteiger partial charge in [0.15, 0.2) is 0 Å². The molecular weight excluding hydrogens is 282 g/mol. The standard InChI is InChI=1S/C13H16BrNO2/c1-13(9-3-4-9,12(16)17-2)15-11-7-5-10(14)6-8-11/h5-9,15H,3-4H2,1-2H3. The number of esters is 1. The van der Waals surface area contributed by atoms with Crippen molar-refractivity contribution in [2.24, 2.45) is 5.92 Å². The van der Waals surface area contributed by atoms with Gasteiger partial charge in [-0.1, -0.05) is 15.9 Å². The summed E-state index contributed by atoms with van der Waals surface area (Å²) in [5, 5.41) is 3.30. The molecule has 1 saturated carbocycles. The van der Waals surface area contributed by atoms with E-state index in [-0.39, 0.29) is 5.97 Å². The summed E-state index contributed by atoms with van der Waals surface area (Å²) in [6, 6.07) is 7.81. The highest BCUT2D eigenvalue weighted by Crippen LogP contribution is 2.42. The van der Waals surface area contributed by atoms with Gasteiger partial charge in [-0.3, -0.25) is 0 Å². The van der Waals surface area contributed by atoms with E-state index in [9.17, 15) is 4.79 Å². The van der Waals surface area contributed by atoms with Gasteiger partial charge in [0, 0.05) is 10.2 Å². The molecule has 0 heterocycles. The molecule has 92 valence electrons. The van der Waals surface area contributed by atoms with Crippen LogP contribution in [0.4, 0.5) is 5.69 Å². The van der Waals surface area contributed by atoms with Crippen LogP contribution in [0.15, 0.2) is 28.7 Å². The fourth-order valence-corrected chi connectivity index (χ4v) is 2.29. The zero-order chi connectivity index (χ0) is 12.5. The van der Waals surface area contributed by atoms with Crippen LogP contribution in [0.2, 0.25) is 0 Å². The molecule has 0 spiro atoms. The second-order valence-electron chi connectivity index (χ2n) is 4.60. The molecule has 0 radical (unpaired) electrons. The van der Waals surface area contributed by atoms with E-state index >= 15 is 0 Å². The molecule has 1 N–H and O–H groups in total. The van der Waals surface area contributed by atoms with Crippen molar-refractivity contribution in [3.05, 3.63) is 28.7 Å². The molecule has 3 nitrogen and oxygen atoms in total. The van der Waals surface area contributed by atoms with Gasteiger partial charge in [0.05, 0.1) is 7.11 Å². The molecule has 2 rings (SSSR count). The maximum Gasteiger partial charge on any atom is 0.331 e. The van der Waals surface area contributed by atoms with E-state index in [4.69, 9.17) is 4.74 Å². The van der Waals surface area contributed by atoms with Crippen molar-refractivity contribution < 1.29 is 9.53 Å².